The zero-order chi connectivity index (χ0) is 17.3. The van der Waals surface area contributed by atoms with Gasteiger partial charge in [0, 0.05) is 24.0 Å². The van der Waals surface area contributed by atoms with Crippen molar-refractivity contribution < 1.29 is 23.8 Å². The number of hydrogen-bond donors (Lipinski definition) is 0. The zero-order valence-electron chi connectivity index (χ0n) is 13.9. The van der Waals surface area contributed by atoms with E-state index in [9.17, 15) is 9.59 Å². The van der Waals surface area contributed by atoms with E-state index in [1.165, 1.54) is 0 Å². The lowest BCUT2D eigenvalue weighted by Gasteiger charge is -2.24. The molecule has 0 radical (unpaired) electrons. The van der Waals surface area contributed by atoms with E-state index >= 15 is 0 Å². The largest absolute Gasteiger partial charge is 0.485 e. The molecule has 0 spiro atoms. The van der Waals surface area contributed by atoms with E-state index in [-0.39, 0.29) is 19.0 Å². The Morgan fingerprint density at radius 1 is 1.25 bits per heavy atom. The van der Waals surface area contributed by atoms with Gasteiger partial charge in [-0.2, -0.15) is 0 Å². The van der Waals surface area contributed by atoms with Crippen molar-refractivity contribution in [2.24, 2.45) is 7.05 Å². The molecular weight excluding hydrogens is 310 g/mol. The van der Waals surface area contributed by atoms with Crippen molar-refractivity contribution in [3.8, 4) is 11.5 Å². The Hall–Kier alpha value is -2.76. The van der Waals surface area contributed by atoms with Crippen LogP contribution in [0.2, 0.25) is 0 Å². The van der Waals surface area contributed by atoms with Gasteiger partial charge in [-0.15, -0.1) is 0 Å². The van der Waals surface area contributed by atoms with Crippen LogP contribution in [0.25, 0.3) is 0 Å². The number of aryl methyl sites for hydroxylation is 1. The van der Waals surface area contributed by atoms with Gasteiger partial charge in [-0.1, -0.05) is 12.1 Å². The first-order valence-electron chi connectivity index (χ1n) is 7.68. The fourth-order valence-electron chi connectivity index (χ4n) is 2.58. The summed E-state index contributed by atoms with van der Waals surface area (Å²) in [6.07, 6.45) is -0.869. The molecule has 0 fully saturated rings. The molecule has 2 aromatic rings. The average molecular weight is 329 g/mol. The third-order valence-corrected chi connectivity index (χ3v) is 4.19. The number of fused-ring (bicyclic) bond motifs is 1. The molecule has 6 heteroatoms. The Bertz CT molecular complexity index is 793. The number of rotatable bonds is 4. The number of esters is 1. The first kappa shape index (κ1) is 16.1. The highest BCUT2D eigenvalue weighted by Crippen LogP contribution is 2.31. The Morgan fingerprint density at radius 3 is 2.62 bits per heavy atom. The normalized spacial score (nSPS) is 15.9. The number of benzene rings is 1. The first-order chi connectivity index (χ1) is 11.5. The van der Waals surface area contributed by atoms with E-state index in [4.69, 9.17) is 14.2 Å². The van der Waals surface area contributed by atoms with Crippen molar-refractivity contribution in [1.29, 1.82) is 0 Å². The van der Waals surface area contributed by atoms with Crippen LogP contribution in [0.15, 0.2) is 30.3 Å². The molecule has 0 saturated carbocycles. The van der Waals surface area contributed by atoms with Crippen LogP contribution in [-0.4, -0.2) is 35.6 Å². The van der Waals surface area contributed by atoms with Crippen LogP contribution in [0.4, 0.5) is 0 Å². The summed E-state index contributed by atoms with van der Waals surface area (Å²) in [5.41, 5.74) is 2.39. The SMILES string of the molecule is Cc1cc(C(=O)COC(=O)[C@H]2COc3ccccc3O2)c(C)n1C. The summed E-state index contributed by atoms with van der Waals surface area (Å²) in [5.74, 6) is 0.240. The van der Waals surface area contributed by atoms with Crippen LogP contribution in [0.3, 0.4) is 0 Å². The van der Waals surface area contributed by atoms with E-state index in [1.54, 1.807) is 24.3 Å². The second-order valence-electron chi connectivity index (χ2n) is 5.74. The van der Waals surface area contributed by atoms with Crippen LogP contribution in [0.5, 0.6) is 11.5 Å². The summed E-state index contributed by atoms with van der Waals surface area (Å²) in [6, 6.07) is 8.89. The fourth-order valence-corrected chi connectivity index (χ4v) is 2.58. The van der Waals surface area contributed by atoms with Crippen molar-refractivity contribution in [3.63, 3.8) is 0 Å². The lowest BCUT2D eigenvalue weighted by Crippen LogP contribution is -2.38. The molecule has 0 aliphatic carbocycles. The van der Waals surface area contributed by atoms with Gasteiger partial charge in [0.1, 0.15) is 6.61 Å². The van der Waals surface area contributed by atoms with Crippen molar-refractivity contribution >= 4 is 11.8 Å². The quantitative estimate of drug-likeness (QED) is 0.635. The minimum atomic E-state index is -0.869. The maximum Gasteiger partial charge on any atom is 0.351 e. The Balaban J connectivity index is 1.60. The molecule has 0 bridgehead atoms. The van der Waals surface area contributed by atoms with Crippen molar-refractivity contribution in [3.05, 3.63) is 47.3 Å². The van der Waals surface area contributed by atoms with Gasteiger partial charge in [0.2, 0.25) is 11.9 Å². The number of nitrogens with zero attached hydrogens (tertiary/aromatic N) is 1. The minimum Gasteiger partial charge on any atom is -0.485 e. The summed E-state index contributed by atoms with van der Waals surface area (Å²) in [4.78, 5) is 24.4. The number of ketones is 1. The second kappa shape index (κ2) is 6.39. The lowest BCUT2D eigenvalue weighted by atomic mass is 10.1. The molecule has 0 saturated heterocycles. The van der Waals surface area contributed by atoms with Gasteiger partial charge >= 0.3 is 5.97 Å². The monoisotopic (exact) mass is 329 g/mol. The molecule has 0 unspecified atom stereocenters. The molecule has 1 aromatic carbocycles. The summed E-state index contributed by atoms with van der Waals surface area (Å²) in [5, 5.41) is 0. The van der Waals surface area contributed by atoms with Gasteiger partial charge in [0.05, 0.1) is 0 Å². The van der Waals surface area contributed by atoms with E-state index < -0.39 is 12.1 Å². The molecule has 6 nitrogen and oxygen atoms in total. The average Bonchev–Trinajstić information content (AvgIpc) is 2.86. The second-order valence-corrected chi connectivity index (χ2v) is 5.74. The van der Waals surface area contributed by atoms with Crippen molar-refractivity contribution in [1.82, 2.24) is 4.57 Å². The number of carbonyl (C=O) groups is 2. The van der Waals surface area contributed by atoms with Gasteiger partial charge in [0.25, 0.3) is 0 Å². The van der Waals surface area contributed by atoms with Gasteiger partial charge in [-0.25, -0.2) is 4.79 Å². The smallest absolute Gasteiger partial charge is 0.351 e. The third-order valence-electron chi connectivity index (χ3n) is 4.19. The lowest BCUT2D eigenvalue weighted by molar-refractivity contribution is -0.153. The van der Waals surface area contributed by atoms with Crippen molar-refractivity contribution in [2.75, 3.05) is 13.2 Å². The van der Waals surface area contributed by atoms with E-state index in [0.717, 1.165) is 11.4 Å². The number of ether oxygens (including phenoxy) is 3. The zero-order valence-corrected chi connectivity index (χ0v) is 13.9. The predicted octanol–water partition coefficient (Wildman–Crippen LogP) is 2.21. The number of para-hydroxylation sites is 2. The fraction of sp³-hybridized carbons (Fsp3) is 0.333. The van der Waals surface area contributed by atoms with E-state index in [1.807, 2.05) is 31.5 Å². The van der Waals surface area contributed by atoms with Gasteiger partial charge in [-0.05, 0) is 32.0 Å². The first-order valence-corrected chi connectivity index (χ1v) is 7.68. The third kappa shape index (κ3) is 2.99. The molecular formula is C18H19NO5. The van der Waals surface area contributed by atoms with Crippen LogP contribution in [0, 0.1) is 13.8 Å². The molecule has 3 rings (SSSR count). The van der Waals surface area contributed by atoms with E-state index in [2.05, 4.69) is 0 Å². The number of carbonyl (C=O) groups excluding carboxylic acids is 2. The highest BCUT2D eigenvalue weighted by molar-refractivity contribution is 5.99. The maximum absolute atomic E-state index is 12.3. The molecule has 1 aromatic heterocycles. The highest BCUT2D eigenvalue weighted by atomic mass is 16.6. The standard InChI is InChI=1S/C18H19NO5/c1-11-8-13(12(2)19(11)3)14(20)9-23-18(21)17-10-22-15-6-4-5-7-16(15)24-17/h4-8,17H,9-10H2,1-3H3/t17-/m1/s1. The Morgan fingerprint density at radius 2 is 1.96 bits per heavy atom. The maximum atomic E-state index is 12.3. The van der Waals surface area contributed by atoms with Crippen molar-refractivity contribution in [2.45, 2.75) is 20.0 Å². The molecule has 0 amide bonds. The Kier molecular flexibility index (Phi) is 4.29. The number of hydrogen-bond acceptors (Lipinski definition) is 5. The molecule has 2 heterocycles. The minimum absolute atomic E-state index is 0.0630. The predicted molar refractivity (Wildman–Crippen MR) is 86.5 cm³/mol. The van der Waals surface area contributed by atoms with Gasteiger partial charge in [0.15, 0.2) is 18.1 Å². The highest BCUT2D eigenvalue weighted by Gasteiger charge is 2.29. The summed E-state index contributed by atoms with van der Waals surface area (Å²) in [6.45, 7) is 3.52. The molecule has 1 aliphatic heterocycles. The van der Waals surface area contributed by atoms with E-state index in [0.29, 0.717) is 17.1 Å². The molecule has 0 N–H and O–H groups in total. The summed E-state index contributed by atoms with van der Waals surface area (Å²) >= 11 is 0. The topological polar surface area (TPSA) is 66.8 Å². The summed E-state index contributed by atoms with van der Waals surface area (Å²) < 4.78 is 18.1. The molecule has 24 heavy (non-hydrogen) atoms. The summed E-state index contributed by atoms with van der Waals surface area (Å²) in [7, 11) is 1.89. The van der Waals surface area contributed by atoms with Crippen LogP contribution < -0.4 is 9.47 Å². The number of aromatic nitrogens is 1. The Labute approximate surface area is 139 Å². The van der Waals surface area contributed by atoms with Crippen LogP contribution in [0.1, 0.15) is 21.7 Å². The molecule has 126 valence electrons. The van der Waals surface area contributed by atoms with Gasteiger partial charge in [-0.3, -0.25) is 4.79 Å². The molecule has 1 aliphatic rings. The number of Topliss-reactive ketones (excluding diaryl/α,β-unsaturated/α-hetero) is 1. The van der Waals surface area contributed by atoms with Crippen LogP contribution in [-0.2, 0) is 16.6 Å². The molecule has 1 atom stereocenters. The van der Waals surface area contributed by atoms with Gasteiger partial charge < -0.3 is 18.8 Å². The van der Waals surface area contributed by atoms with Crippen LogP contribution >= 0.6 is 0 Å².